The molecule has 1 aromatic rings. The number of hydrogen-bond donors (Lipinski definition) is 0. The molecule has 1 aromatic carbocycles. The third kappa shape index (κ3) is 5.86. The van der Waals surface area contributed by atoms with Crippen LogP contribution in [-0.4, -0.2) is 61.0 Å². The molecule has 1 amide bonds. The van der Waals surface area contributed by atoms with Crippen molar-refractivity contribution in [1.82, 2.24) is 9.21 Å². The largest absolute Gasteiger partial charge is 0.442 e. The molecule has 1 heterocycles. The standard InChI is InChI=1S/C17H23F3N2O3S2/c1-3-13(2)14-4-6-15(7-5-14)27(24,25)22-10-8-21(9-11-22)16(23)12-26-17(18,19)20/h4-7,13H,3,8-12H2,1-2H3. The first kappa shape index (κ1) is 22.0. The van der Waals surface area contributed by atoms with Crippen LogP contribution in [0.1, 0.15) is 31.7 Å². The van der Waals surface area contributed by atoms with E-state index < -0.39 is 27.2 Å². The number of piperazine rings is 1. The number of sulfonamides is 1. The van der Waals surface area contributed by atoms with Crippen LogP contribution >= 0.6 is 11.8 Å². The second kappa shape index (κ2) is 8.83. The molecule has 0 bridgehead atoms. The van der Waals surface area contributed by atoms with E-state index in [-0.39, 0.29) is 42.8 Å². The number of hydrogen-bond acceptors (Lipinski definition) is 4. The highest BCUT2D eigenvalue weighted by Gasteiger charge is 2.33. The molecule has 0 spiro atoms. The van der Waals surface area contributed by atoms with Crippen LogP contribution in [0.15, 0.2) is 29.2 Å². The number of carbonyl (C=O) groups excluding carboxylic acids is 1. The molecule has 10 heteroatoms. The molecular formula is C17H23F3N2O3S2. The van der Waals surface area contributed by atoms with Gasteiger partial charge in [-0.25, -0.2) is 8.42 Å². The van der Waals surface area contributed by atoms with Crippen LogP contribution < -0.4 is 0 Å². The van der Waals surface area contributed by atoms with Crippen molar-refractivity contribution < 1.29 is 26.4 Å². The Morgan fingerprint density at radius 3 is 2.19 bits per heavy atom. The molecule has 1 aliphatic rings. The van der Waals surface area contributed by atoms with Gasteiger partial charge in [0.25, 0.3) is 0 Å². The van der Waals surface area contributed by atoms with Gasteiger partial charge in [0, 0.05) is 26.2 Å². The van der Waals surface area contributed by atoms with Crippen LogP contribution in [0, 0.1) is 0 Å². The zero-order valence-electron chi connectivity index (χ0n) is 15.2. The fourth-order valence-corrected chi connectivity index (χ4v) is 4.66. The molecular weight excluding hydrogens is 401 g/mol. The van der Waals surface area contributed by atoms with Gasteiger partial charge in [0.1, 0.15) is 0 Å². The van der Waals surface area contributed by atoms with E-state index in [2.05, 4.69) is 13.8 Å². The number of thioether (sulfide) groups is 1. The quantitative estimate of drug-likeness (QED) is 0.703. The molecule has 0 N–H and O–H groups in total. The summed E-state index contributed by atoms with van der Waals surface area (Å²) in [6.45, 7) is 4.43. The molecule has 152 valence electrons. The summed E-state index contributed by atoms with van der Waals surface area (Å²) in [5.74, 6) is -0.981. The number of amides is 1. The van der Waals surface area contributed by atoms with Gasteiger partial charge in [0.2, 0.25) is 15.9 Å². The molecule has 2 rings (SSSR count). The van der Waals surface area contributed by atoms with E-state index in [9.17, 15) is 26.4 Å². The van der Waals surface area contributed by atoms with Crippen LogP contribution in [0.3, 0.4) is 0 Å². The number of carbonyl (C=O) groups is 1. The van der Waals surface area contributed by atoms with Gasteiger partial charge in [-0.3, -0.25) is 4.79 Å². The van der Waals surface area contributed by atoms with Gasteiger partial charge in [0.15, 0.2) is 0 Å². The molecule has 1 atom stereocenters. The van der Waals surface area contributed by atoms with Crippen molar-refractivity contribution in [3.8, 4) is 0 Å². The molecule has 0 radical (unpaired) electrons. The van der Waals surface area contributed by atoms with Crippen LogP contribution in [0.5, 0.6) is 0 Å². The Balaban J connectivity index is 1.97. The Bertz CT molecular complexity index is 744. The van der Waals surface area contributed by atoms with Crippen molar-refractivity contribution in [2.24, 2.45) is 0 Å². The third-order valence-electron chi connectivity index (χ3n) is 4.65. The van der Waals surface area contributed by atoms with E-state index in [0.717, 1.165) is 12.0 Å². The molecule has 1 fully saturated rings. The molecule has 1 saturated heterocycles. The van der Waals surface area contributed by atoms with Crippen molar-refractivity contribution in [3.63, 3.8) is 0 Å². The average Bonchev–Trinajstić information content (AvgIpc) is 2.65. The lowest BCUT2D eigenvalue weighted by Crippen LogP contribution is -2.51. The zero-order chi connectivity index (χ0) is 20.2. The Kier molecular flexibility index (Phi) is 7.20. The maximum atomic E-state index is 12.7. The highest BCUT2D eigenvalue weighted by molar-refractivity contribution is 8.00. The van der Waals surface area contributed by atoms with E-state index >= 15 is 0 Å². The lowest BCUT2D eigenvalue weighted by molar-refractivity contribution is -0.129. The van der Waals surface area contributed by atoms with Crippen LogP contribution in [0.25, 0.3) is 0 Å². The number of rotatable bonds is 6. The minimum atomic E-state index is -4.46. The van der Waals surface area contributed by atoms with E-state index in [1.54, 1.807) is 24.3 Å². The lowest BCUT2D eigenvalue weighted by atomic mass is 9.99. The predicted octanol–water partition coefficient (Wildman–Crippen LogP) is 3.29. The van der Waals surface area contributed by atoms with Crippen LogP contribution in [0.4, 0.5) is 13.2 Å². The Morgan fingerprint density at radius 2 is 1.70 bits per heavy atom. The Morgan fingerprint density at radius 1 is 1.15 bits per heavy atom. The summed E-state index contributed by atoms with van der Waals surface area (Å²) in [6.07, 6.45) is 0.953. The number of benzene rings is 1. The molecule has 5 nitrogen and oxygen atoms in total. The minimum absolute atomic E-state index is 0.0673. The average molecular weight is 425 g/mol. The second-order valence-corrected chi connectivity index (χ2v) is 9.38. The van der Waals surface area contributed by atoms with E-state index in [4.69, 9.17) is 0 Å². The normalized spacial score (nSPS) is 17.7. The topological polar surface area (TPSA) is 57.7 Å². The molecule has 1 unspecified atom stereocenters. The van der Waals surface area contributed by atoms with Crippen molar-refractivity contribution in [2.45, 2.75) is 36.6 Å². The highest BCUT2D eigenvalue weighted by Crippen LogP contribution is 2.30. The second-order valence-electron chi connectivity index (χ2n) is 6.40. The summed E-state index contributed by atoms with van der Waals surface area (Å²) in [7, 11) is -3.69. The van der Waals surface area contributed by atoms with Gasteiger partial charge in [-0.05, 0) is 41.8 Å². The first-order chi connectivity index (χ1) is 12.5. The van der Waals surface area contributed by atoms with Crippen LogP contribution in [0.2, 0.25) is 0 Å². The van der Waals surface area contributed by atoms with Gasteiger partial charge in [0.05, 0.1) is 10.6 Å². The Labute approximate surface area is 162 Å². The summed E-state index contributed by atoms with van der Waals surface area (Å²) in [4.78, 5) is 13.3. The molecule has 27 heavy (non-hydrogen) atoms. The summed E-state index contributed by atoms with van der Waals surface area (Å²) < 4.78 is 63.3. The third-order valence-corrected chi connectivity index (χ3v) is 7.28. The molecule has 0 aliphatic carbocycles. The van der Waals surface area contributed by atoms with Crippen molar-refractivity contribution >= 4 is 27.7 Å². The van der Waals surface area contributed by atoms with Gasteiger partial charge >= 0.3 is 5.51 Å². The number of alkyl halides is 3. The van der Waals surface area contributed by atoms with Gasteiger partial charge in [-0.15, -0.1) is 0 Å². The maximum absolute atomic E-state index is 12.7. The van der Waals surface area contributed by atoms with E-state index in [0.29, 0.717) is 5.92 Å². The zero-order valence-corrected chi connectivity index (χ0v) is 16.8. The van der Waals surface area contributed by atoms with Gasteiger partial charge in [-0.1, -0.05) is 26.0 Å². The summed E-state index contributed by atoms with van der Waals surface area (Å²) in [5.41, 5.74) is -3.39. The highest BCUT2D eigenvalue weighted by atomic mass is 32.2. The molecule has 0 saturated carbocycles. The fraction of sp³-hybridized carbons (Fsp3) is 0.588. The van der Waals surface area contributed by atoms with Gasteiger partial charge in [-0.2, -0.15) is 17.5 Å². The monoisotopic (exact) mass is 424 g/mol. The van der Waals surface area contributed by atoms with Crippen LogP contribution in [-0.2, 0) is 14.8 Å². The lowest BCUT2D eigenvalue weighted by Gasteiger charge is -2.34. The maximum Gasteiger partial charge on any atom is 0.442 e. The smallest absolute Gasteiger partial charge is 0.339 e. The number of nitrogens with zero attached hydrogens (tertiary/aromatic N) is 2. The van der Waals surface area contributed by atoms with Crippen molar-refractivity contribution in [3.05, 3.63) is 29.8 Å². The van der Waals surface area contributed by atoms with Crippen molar-refractivity contribution in [2.75, 3.05) is 31.9 Å². The van der Waals surface area contributed by atoms with Crippen molar-refractivity contribution in [1.29, 1.82) is 0 Å². The SMILES string of the molecule is CCC(C)c1ccc(S(=O)(=O)N2CCN(C(=O)CSC(F)(F)F)CC2)cc1. The predicted molar refractivity (Wildman–Crippen MR) is 99.0 cm³/mol. The Hall–Kier alpha value is -1.26. The molecule has 1 aliphatic heterocycles. The summed E-state index contributed by atoms with van der Waals surface area (Å²) >= 11 is -0.379. The first-order valence-electron chi connectivity index (χ1n) is 8.63. The van der Waals surface area contributed by atoms with E-state index in [1.165, 1.54) is 9.21 Å². The number of halogens is 3. The fourth-order valence-electron chi connectivity index (χ4n) is 2.77. The van der Waals surface area contributed by atoms with Gasteiger partial charge < -0.3 is 4.90 Å². The summed E-state index contributed by atoms with van der Waals surface area (Å²) in [5, 5.41) is 0. The summed E-state index contributed by atoms with van der Waals surface area (Å²) in [6, 6.07) is 6.76. The van der Waals surface area contributed by atoms with E-state index in [1.807, 2.05) is 0 Å². The first-order valence-corrected chi connectivity index (χ1v) is 11.1. The molecule has 0 aromatic heterocycles. The minimum Gasteiger partial charge on any atom is -0.339 e.